The van der Waals surface area contributed by atoms with Gasteiger partial charge in [-0.15, -0.1) is 0 Å². The third kappa shape index (κ3) is 1.49. The molecule has 1 aromatic heterocycles. The molecule has 1 rings (SSSR count). The largest absolute Gasteiger partial charge is 0.345 e. The van der Waals surface area contributed by atoms with Gasteiger partial charge in [-0.3, -0.25) is 0 Å². The van der Waals surface area contributed by atoms with E-state index in [9.17, 15) is 0 Å². The molecule has 0 radical (unpaired) electrons. The number of H-pyrrole nitrogens is 1. The number of rotatable bonds is 2. The van der Waals surface area contributed by atoms with Crippen molar-refractivity contribution in [3.05, 3.63) is 16.7 Å². The molecule has 0 unspecified atom stereocenters. The summed E-state index contributed by atoms with van der Waals surface area (Å²) >= 11 is 5.73. The number of aryl methyl sites for hydroxylation is 1. The van der Waals surface area contributed by atoms with Crippen LogP contribution in [0.1, 0.15) is 11.5 Å². The van der Waals surface area contributed by atoms with Gasteiger partial charge in [0.1, 0.15) is 11.0 Å². The molecular formula is C6H10ClN3. The lowest BCUT2D eigenvalue weighted by Crippen LogP contribution is -2.03. The molecular weight excluding hydrogens is 150 g/mol. The van der Waals surface area contributed by atoms with Crippen LogP contribution in [0.4, 0.5) is 0 Å². The van der Waals surface area contributed by atoms with Gasteiger partial charge < -0.3 is 10.7 Å². The number of nitrogens with one attached hydrogen (secondary N) is 1. The van der Waals surface area contributed by atoms with Crippen LogP contribution in [0.15, 0.2) is 0 Å². The summed E-state index contributed by atoms with van der Waals surface area (Å²) in [6, 6.07) is 0. The summed E-state index contributed by atoms with van der Waals surface area (Å²) in [7, 11) is 0. The number of hydrogen-bond acceptors (Lipinski definition) is 2. The first-order valence-corrected chi connectivity index (χ1v) is 3.53. The van der Waals surface area contributed by atoms with Gasteiger partial charge in [-0.2, -0.15) is 0 Å². The minimum absolute atomic E-state index is 0.544. The van der Waals surface area contributed by atoms with Gasteiger partial charge in [-0.05, 0) is 13.5 Å². The van der Waals surface area contributed by atoms with Crippen LogP contribution in [-0.4, -0.2) is 16.5 Å². The number of nitrogens with two attached hydrogens (primary N) is 1. The molecule has 10 heavy (non-hydrogen) atoms. The molecule has 0 fully saturated rings. The van der Waals surface area contributed by atoms with E-state index in [1.165, 1.54) is 0 Å². The van der Waals surface area contributed by atoms with Crippen molar-refractivity contribution in [3.8, 4) is 0 Å². The van der Waals surface area contributed by atoms with Crippen LogP contribution in [0.2, 0.25) is 5.15 Å². The predicted octanol–water partition coefficient (Wildman–Crippen LogP) is 0.873. The van der Waals surface area contributed by atoms with Gasteiger partial charge >= 0.3 is 0 Å². The predicted molar refractivity (Wildman–Crippen MR) is 41.1 cm³/mol. The fourth-order valence-electron chi connectivity index (χ4n) is 0.823. The van der Waals surface area contributed by atoms with Crippen molar-refractivity contribution < 1.29 is 0 Å². The summed E-state index contributed by atoms with van der Waals surface area (Å²) in [6.07, 6.45) is 0.764. The second kappa shape index (κ2) is 3.03. The summed E-state index contributed by atoms with van der Waals surface area (Å²) in [6.45, 7) is 2.47. The van der Waals surface area contributed by atoms with E-state index in [0.717, 1.165) is 17.9 Å². The third-order valence-corrected chi connectivity index (χ3v) is 1.55. The third-order valence-electron chi connectivity index (χ3n) is 1.24. The van der Waals surface area contributed by atoms with Crippen LogP contribution in [0, 0.1) is 6.92 Å². The maximum Gasteiger partial charge on any atom is 0.150 e. The van der Waals surface area contributed by atoms with Crippen LogP contribution < -0.4 is 5.73 Å². The van der Waals surface area contributed by atoms with Crippen LogP contribution in [0.5, 0.6) is 0 Å². The van der Waals surface area contributed by atoms with Crippen molar-refractivity contribution in [2.45, 2.75) is 13.3 Å². The first-order valence-electron chi connectivity index (χ1n) is 3.15. The van der Waals surface area contributed by atoms with Crippen LogP contribution in [0.25, 0.3) is 0 Å². The first kappa shape index (κ1) is 7.57. The molecule has 0 aliphatic carbocycles. The Kier molecular flexibility index (Phi) is 2.29. The Morgan fingerprint density at radius 1 is 1.70 bits per heavy atom. The first-order chi connectivity index (χ1) is 4.74. The summed E-state index contributed by atoms with van der Waals surface area (Å²) in [5.74, 6) is 0.841. The molecule has 0 saturated carbocycles. The summed E-state index contributed by atoms with van der Waals surface area (Å²) < 4.78 is 0. The zero-order chi connectivity index (χ0) is 7.56. The van der Waals surface area contributed by atoms with E-state index in [1.807, 2.05) is 6.92 Å². The standard InChI is InChI=1S/C6H10ClN3/c1-4-9-5(2-3-8)6(7)10-4/h2-3,8H2,1H3,(H,9,10). The highest BCUT2D eigenvalue weighted by Crippen LogP contribution is 2.11. The van der Waals surface area contributed by atoms with Crippen molar-refractivity contribution in [2.24, 2.45) is 5.73 Å². The Morgan fingerprint density at radius 2 is 2.40 bits per heavy atom. The molecule has 0 bridgehead atoms. The van der Waals surface area contributed by atoms with Crippen LogP contribution in [0.3, 0.4) is 0 Å². The molecule has 0 spiro atoms. The number of aromatic amines is 1. The van der Waals surface area contributed by atoms with Gasteiger partial charge in [0.2, 0.25) is 0 Å². The maximum atomic E-state index is 5.73. The number of imidazole rings is 1. The van der Waals surface area contributed by atoms with Gasteiger partial charge in [0.15, 0.2) is 0 Å². The normalized spacial score (nSPS) is 10.3. The van der Waals surface area contributed by atoms with Crippen LogP contribution in [-0.2, 0) is 6.42 Å². The van der Waals surface area contributed by atoms with Crippen molar-refractivity contribution in [3.63, 3.8) is 0 Å². The van der Waals surface area contributed by atoms with Gasteiger partial charge in [0, 0.05) is 6.42 Å². The highest BCUT2D eigenvalue weighted by molar-refractivity contribution is 6.30. The Balaban J connectivity index is 2.81. The molecule has 0 aliphatic heterocycles. The molecule has 3 N–H and O–H groups in total. The van der Waals surface area contributed by atoms with E-state index >= 15 is 0 Å². The topological polar surface area (TPSA) is 54.7 Å². The maximum absolute atomic E-state index is 5.73. The number of nitrogens with zero attached hydrogens (tertiary/aromatic N) is 1. The Labute approximate surface area is 64.6 Å². The molecule has 0 aliphatic rings. The molecule has 56 valence electrons. The average Bonchev–Trinajstić information content (AvgIpc) is 2.13. The zero-order valence-electron chi connectivity index (χ0n) is 5.82. The summed E-state index contributed by atoms with van der Waals surface area (Å²) in [5.41, 5.74) is 6.26. The molecule has 0 saturated heterocycles. The minimum Gasteiger partial charge on any atom is -0.345 e. The van der Waals surface area contributed by atoms with Crippen molar-refractivity contribution in [1.29, 1.82) is 0 Å². The number of aromatic nitrogens is 2. The number of hydrogen-bond donors (Lipinski definition) is 2. The molecule has 4 heteroatoms. The lowest BCUT2D eigenvalue weighted by atomic mass is 10.3. The minimum atomic E-state index is 0.544. The fraction of sp³-hybridized carbons (Fsp3) is 0.500. The van der Waals surface area contributed by atoms with Crippen molar-refractivity contribution >= 4 is 11.6 Å². The molecule has 0 aromatic carbocycles. The second-order valence-corrected chi connectivity index (χ2v) is 2.49. The monoisotopic (exact) mass is 159 g/mol. The van der Waals surface area contributed by atoms with Gasteiger partial charge in [-0.25, -0.2) is 4.98 Å². The highest BCUT2D eigenvalue weighted by Gasteiger charge is 2.02. The molecule has 0 atom stereocenters. The second-order valence-electron chi connectivity index (χ2n) is 2.13. The van der Waals surface area contributed by atoms with Crippen molar-refractivity contribution in [2.75, 3.05) is 6.54 Å². The van der Waals surface area contributed by atoms with E-state index in [0.29, 0.717) is 11.7 Å². The van der Waals surface area contributed by atoms with E-state index in [-0.39, 0.29) is 0 Å². The van der Waals surface area contributed by atoms with Gasteiger partial charge in [0.05, 0.1) is 5.69 Å². The van der Waals surface area contributed by atoms with E-state index < -0.39 is 0 Å². The number of halogens is 1. The zero-order valence-corrected chi connectivity index (χ0v) is 6.57. The Bertz CT molecular complexity index is 219. The summed E-state index contributed by atoms with van der Waals surface area (Å²) in [5, 5.41) is 0.544. The lowest BCUT2D eigenvalue weighted by molar-refractivity contribution is 0.929. The lowest BCUT2D eigenvalue weighted by Gasteiger charge is -1.90. The Hall–Kier alpha value is -0.540. The van der Waals surface area contributed by atoms with Crippen molar-refractivity contribution in [1.82, 2.24) is 9.97 Å². The molecule has 1 heterocycles. The Morgan fingerprint density at radius 3 is 2.80 bits per heavy atom. The van der Waals surface area contributed by atoms with E-state index in [4.69, 9.17) is 17.3 Å². The SMILES string of the molecule is Cc1nc(Cl)c(CCN)[nH]1. The van der Waals surface area contributed by atoms with Gasteiger partial charge in [0.25, 0.3) is 0 Å². The van der Waals surface area contributed by atoms with Crippen LogP contribution >= 0.6 is 11.6 Å². The quantitative estimate of drug-likeness (QED) is 0.673. The summed E-state index contributed by atoms with van der Waals surface area (Å²) in [4.78, 5) is 7.01. The smallest absolute Gasteiger partial charge is 0.150 e. The van der Waals surface area contributed by atoms with E-state index in [1.54, 1.807) is 0 Å². The van der Waals surface area contributed by atoms with E-state index in [2.05, 4.69) is 9.97 Å². The average molecular weight is 160 g/mol. The molecule has 0 amide bonds. The highest BCUT2D eigenvalue weighted by atomic mass is 35.5. The molecule has 3 nitrogen and oxygen atoms in total. The van der Waals surface area contributed by atoms with Gasteiger partial charge in [-0.1, -0.05) is 11.6 Å². The fourth-order valence-corrected chi connectivity index (χ4v) is 1.09. The molecule has 1 aromatic rings.